The predicted octanol–water partition coefficient (Wildman–Crippen LogP) is 3.27. The predicted molar refractivity (Wildman–Crippen MR) is 160 cm³/mol. The molecule has 230 valence electrons. The number of hydrogen-bond donors (Lipinski definition) is 3. The molecule has 0 aliphatic rings. The van der Waals surface area contributed by atoms with E-state index < -0.39 is 13.9 Å². The summed E-state index contributed by atoms with van der Waals surface area (Å²) in [4.78, 5) is 44.4. The van der Waals surface area contributed by atoms with E-state index in [-0.39, 0.29) is 37.5 Å². The Morgan fingerprint density at radius 3 is 1.56 bits per heavy atom. The van der Waals surface area contributed by atoms with Crippen LogP contribution in [0.15, 0.2) is 60.7 Å². The van der Waals surface area contributed by atoms with Gasteiger partial charge in [-0.2, -0.15) is 19.2 Å². The first-order valence-corrected chi connectivity index (χ1v) is 14.7. The van der Waals surface area contributed by atoms with Crippen LogP contribution in [0.2, 0.25) is 5.04 Å². The minimum absolute atomic E-state index is 0. The summed E-state index contributed by atoms with van der Waals surface area (Å²) in [7, 11) is -2.51. The molecule has 0 fully saturated rings. The van der Waals surface area contributed by atoms with Crippen LogP contribution >= 0.6 is 0 Å². The Hall–Kier alpha value is -3.43. The molecule has 11 heteroatoms. The van der Waals surface area contributed by atoms with Gasteiger partial charge in [0.2, 0.25) is 0 Å². The Morgan fingerprint density at radius 1 is 0.854 bits per heavy atom. The number of benzene rings is 2. The van der Waals surface area contributed by atoms with Crippen LogP contribution in [0.3, 0.4) is 0 Å². The van der Waals surface area contributed by atoms with Crippen molar-refractivity contribution in [1.29, 1.82) is 0 Å². The van der Waals surface area contributed by atoms with E-state index in [2.05, 4.69) is 74.6 Å². The fourth-order valence-electron chi connectivity index (χ4n) is 3.65. The second-order valence-electron chi connectivity index (χ2n) is 10.3. The molecule has 0 atom stereocenters. The summed E-state index contributed by atoms with van der Waals surface area (Å²) in [5.74, 6) is 0. The molecule has 0 saturated carbocycles. The third-order valence-electron chi connectivity index (χ3n) is 5.09. The average Bonchev–Trinajstić information content (AvgIpc) is 2.87. The van der Waals surface area contributed by atoms with E-state index in [1.54, 1.807) is 0 Å². The number of hydrogen-bond acceptors (Lipinski definition) is 9. The molecule has 0 saturated heterocycles. The highest BCUT2D eigenvalue weighted by atomic mass is 28.4. The van der Waals surface area contributed by atoms with E-state index in [9.17, 15) is 4.79 Å². The minimum atomic E-state index is -2.51. The van der Waals surface area contributed by atoms with Gasteiger partial charge in [0, 0.05) is 19.8 Å². The largest absolute Gasteiger partial charge is 0.444 e. The SMILES string of the molecule is C.CC(C)(C)OC(=O)NCCCO[Si](c1ccccc1)(c1ccccc1)C(C)(C)C.NCCCO.O=C=O.O=C=O. The van der Waals surface area contributed by atoms with Crippen LogP contribution in [0.5, 0.6) is 0 Å². The van der Waals surface area contributed by atoms with Gasteiger partial charge in [-0.3, -0.25) is 0 Å². The minimum Gasteiger partial charge on any atom is -0.444 e. The summed E-state index contributed by atoms with van der Waals surface area (Å²) in [6, 6.07) is 21.2. The van der Waals surface area contributed by atoms with Crippen LogP contribution in [-0.2, 0) is 28.3 Å². The van der Waals surface area contributed by atoms with Crippen LogP contribution in [-0.4, -0.2) is 63.7 Å². The Labute approximate surface area is 245 Å². The lowest BCUT2D eigenvalue weighted by atomic mass is 10.2. The highest BCUT2D eigenvalue weighted by Gasteiger charge is 2.49. The number of ether oxygens (including phenoxy) is 1. The maximum Gasteiger partial charge on any atom is 0.407 e. The van der Waals surface area contributed by atoms with E-state index in [4.69, 9.17) is 39.2 Å². The first-order chi connectivity index (χ1) is 18.8. The molecule has 0 heterocycles. The monoisotopic (exact) mass is 592 g/mol. The number of rotatable bonds is 9. The number of carbonyl (C=O) groups is 1. The molecular weight excluding hydrogens is 544 g/mol. The van der Waals surface area contributed by atoms with Gasteiger partial charge in [0.15, 0.2) is 0 Å². The topological polar surface area (TPSA) is 162 Å². The molecule has 0 spiro atoms. The quantitative estimate of drug-likeness (QED) is 0.293. The van der Waals surface area contributed by atoms with E-state index in [1.165, 1.54) is 10.4 Å². The highest BCUT2D eigenvalue weighted by Crippen LogP contribution is 2.36. The molecule has 2 aromatic rings. The number of carbonyl (C=O) groups excluding carboxylic acids is 5. The van der Waals surface area contributed by atoms with Crippen molar-refractivity contribution in [3.8, 4) is 0 Å². The lowest BCUT2D eigenvalue weighted by Gasteiger charge is -2.43. The van der Waals surface area contributed by atoms with Gasteiger partial charge in [0.05, 0.1) is 0 Å². The summed E-state index contributed by atoms with van der Waals surface area (Å²) < 4.78 is 12.1. The van der Waals surface area contributed by atoms with Crippen molar-refractivity contribution in [2.45, 2.75) is 72.5 Å². The van der Waals surface area contributed by atoms with Gasteiger partial charge in [-0.25, -0.2) is 4.79 Å². The smallest absolute Gasteiger partial charge is 0.407 e. The number of aliphatic hydroxyl groups excluding tert-OH is 1. The zero-order chi connectivity index (χ0) is 31.1. The molecule has 1 amide bonds. The molecule has 0 aliphatic heterocycles. The highest BCUT2D eigenvalue weighted by molar-refractivity contribution is 6.99. The van der Waals surface area contributed by atoms with Gasteiger partial charge in [-0.05, 0) is 55.6 Å². The lowest BCUT2D eigenvalue weighted by Crippen LogP contribution is -2.66. The zero-order valence-corrected chi connectivity index (χ0v) is 25.4. The van der Waals surface area contributed by atoms with E-state index in [0.717, 1.165) is 12.8 Å². The lowest BCUT2D eigenvalue weighted by molar-refractivity contribution is -0.193. The van der Waals surface area contributed by atoms with Crippen molar-refractivity contribution >= 4 is 37.1 Å². The molecule has 0 bridgehead atoms. The molecular formula is C30H48N2O8Si. The van der Waals surface area contributed by atoms with Crippen LogP contribution < -0.4 is 21.4 Å². The third-order valence-corrected chi connectivity index (χ3v) is 10.1. The van der Waals surface area contributed by atoms with Gasteiger partial charge in [0.1, 0.15) is 5.60 Å². The maximum atomic E-state index is 11.9. The molecule has 2 rings (SSSR count). The third kappa shape index (κ3) is 17.8. The normalized spacial score (nSPS) is 10.2. The second-order valence-corrected chi connectivity index (χ2v) is 14.6. The van der Waals surface area contributed by atoms with E-state index in [0.29, 0.717) is 19.7 Å². The molecule has 4 N–H and O–H groups in total. The summed E-state index contributed by atoms with van der Waals surface area (Å²) in [6.45, 7) is 14.3. The summed E-state index contributed by atoms with van der Waals surface area (Å²) >= 11 is 0. The summed E-state index contributed by atoms with van der Waals surface area (Å²) in [5.41, 5.74) is 4.49. The molecule has 2 aromatic carbocycles. The molecule has 41 heavy (non-hydrogen) atoms. The van der Waals surface area contributed by atoms with Crippen molar-refractivity contribution in [3.63, 3.8) is 0 Å². The second kappa shape index (κ2) is 23.3. The fraction of sp³-hybridized carbons (Fsp3) is 0.500. The molecule has 0 aliphatic carbocycles. The van der Waals surface area contributed by atoms with Crippen LogP contribution in [0.25, 0.3) is 0 Å². The standard InChI is InChI=1S/C24H35NO3Si.C3H9NO.2CO2.CH4/c1-23(2,3)28-22(26)25-18-13-19-27-29(24(4,5)6,20-14-9-7-10-15-20)21-16-11-8-12-17-21;4-2-1-3-5;2*2-1-3;/h7-12,14-17H,13,18-19H2,1-6H3,(H,25,26);5H,1-4H2;;;1H4. The zero-order valence-electron chi connectivity index (χ0n) is 24.4. The Kier molecular flexibility index (Phi) is 23.9. The summed E-state index contributed by atoms with van der Waals surface area (Å²) in [6.07, 6.45) is 1.56. The van der Waals surface area contributed by atoms with Crippen LogP contribution in [0.1, 0.15) is 61.8 Å². The summed E-state index contributed by atoms with van der Waals surface area (Å²) in [5, 5.41) is 13.3. The van der Waals surface area contributed by atoms with Crippen molar-refractivity contribution in [2.75, 3.05) is 26.3 Å². The molecule has 0 radical (unpaired) electrons. The Balaban J connectivity index is -0.00000103. The number of alkyl carbamates (subject to hydrolysis) is 1. The van der Waals surface area contributed by atoms with Gasteiger partial charge >= 0.3 is 18.4 Å². The van der Waals surface area contributed by atoms with Crippen LogP contribution in [0.4, 0.5) is 4.79 Å². The van der Waals surface area contributed by atoms with E-state index in [1.807, 2.05) is 32.9 Å². The maximum absolute atomic E-state index is 11.9. The Morgan fingerprint density at radius 2 is 1.27 bits per heavy atom. The average molecular weight is 593 g/mol. The van der Waals surface area contributed by atoms with Crippen molar-refractivity contribution in [2.24, 2.45) is 5.73 Å². The van der Waals surface area contributed by atoms with Crippen LogP contribution in [0, 0.1) is 0 Å². The molecule has 10 nitrogen and oxygen atoms in total. The van der Waals surface area contributed by atoms with Crippen molar-refractivity contribution in [3.05, 3.63) is 60.7 Å². The number of nitrogens with two attached hydrogens (primary N) is 1. The van der Waals surface area contributed by atoms with Crippen molar-refractivity contribution < 1.29 is 38.2 Å². The van der Waals surface area contributed by atoms with Crippen molar-refractivity contribution in [1.82, 2.24) is 5.32 Å². The van der Waals surface area contributed by atoms with Gasteiger partial charge in [0.25, 0.3) is 8.32 Å². The first kappa shape index (κ1) is 42.0. The number of aliphatic hydroxyl groups is 1. The Bertz CT molecular complexity index is 941. The van der Waals surface area contributed by atoms with Gasteiger partial charge < -0.3 is 25.3 Å². The van der Waals surface area contributed by atoms with Gasteiger partial charge in [-0.15, -0.1) is 0 Å². The molecule has 0 aromatic heterocycles. The molecule has 0 unspecified atom stereocenters. The van der Waals surface area contributed by atoms with E-state index >= 15 is 0 Å². The fourth-order valence-corrected chi connectivity index (χ4v) is 8.26. The first-order valence-electron chi connectivity index (χ1n) is 12.8. The number of amides is 1. The number of nitrogens with one attached hydrogen (secondary N) is 1. The van der Waals surface area contributed by atoms with Gasteiger partial charge in [-0.1, -0.05) is 88.9 Å².